The SMILES string of the molecule is CC1CCNCC1NS(=O)(=O)c1ccc(CS(C)(=O)=O)cc1. The van der Waals surface area contributed by atoms with Crippen LogP contribution in [0.15, 0.2) is 29.2 Å². The molecule has 0 bridgehead atoms. The number of nitrogens with one attached hydrogen (secondary N) is 2. The van der Waals surface area contributed by atoms with E-state index in [0.29, 0.717) is 12.1 Å². The molecule has 124 valence electrons. The number of sulfone groups is 1. The Hall–Kier alpha value is -0.960. The van der Waals surface area contributed by atoms with E-state index in [1.54, 1.807) is 0 Å². The first-order chi connectivity index (χ1) is 10.2. The Morgan fingerprint density at radius 3 is 2.36 bits per heavy atom. The smallest absolute Gasteiger partial charge is 0.240 e. The highest BCUT2D eigenvalue weighted by atomic mass is 32.2. The minimum Gasteiger partial charge on any atom is -0.315 e. The van der Waals surface area contributed by atoms with E-state index in [9.17, 15) is 16.8 Å². The number of benzene rings is 1. The fraction of sp³-hybridized carbons (Fsp3) is 0.571. The topological polar surface area (TPSA) is 92.3 Å². The second-order valence-electron chi connectivity index (χ2n) is 5.91. The lowest BCUT2D eigenvalue weighted by Crippen LogP contribution is -2.50. The van der Waals surface area contributed by atoms with Crippen LogP contribution in [-0.2, 0) is 25.6 Å². The minimum absolute atomic E-state index is 0.0929. The van der Waals surface area contributed by atoms with Gasteiger partial charge >= 0.3 is 0 Å². The number of piperidine rings is 1. The Kier molecular flexibility index (Phi) is 5.26. The summed E-state index contributed by atoms with van der Waals surface area (Å²) in [5, 5.41) is 3.18. The molecule has 2 rings (SSSR count). The van der Waals surface area contributed by atoms with Gasteiger partial charge in [0.1, 0.15) is 0 Å². The third kappa shape index (κ3) is 4.77. The Labute approximate surface area is 132 Å². The van der Waals surface area contributed by atoms with Crippen LogP contribution in [0.1, 0.15) is 18.9 Å². The quantitative estimate of drug-likeness (QED) is 0.810. The summed E-state index contributed by atoms with van der Waals surface area (Å²) in [5.41, 5.74) is 0.578. The minimum atomic E-state index is -3.59. The van der Waals surface area contributed by atoms with Gasteiger partial charge in [0.05, 0.1) is 10.6 Å². The lowest BCUT2D eigenvalue weighted by molar-refractivity contribution is 0.327. The van der Waals surface area contributed by atoms with E-state index < -0.39 is 19.9 Å². The first kappa shape index (κ1) is 17.4. The fourth-order valence-electron chi connectivity index (χ4n) is 2.48. The molecule has 0 radical (unpaired) electrons. The molecule has 0 aromatic heterocycles. The van der Waals surface area contributed by atoms with Crippen LogP contribution in [0.4, 0.5) is 0 Å². The van der Waals surface area contributed by atoms with E-state index in [0.717, 1.165) is 19.2 Å². The average molecular weight is 346 g/mol. The van der Waals surface area contributed by atoms with Crippen LogP contribution in [0, 0.1) is 5.92 Å². The van der Waals surface area contributed by atoms with Crippen LogP contribution in [0.5, 0.6) is 0 Å². The van der Waals surface area contributed by atoms with Crippen molar-refractivity contribution in [2.75, 3.05) is 19.3 Å². The Morgan fingerprint density at radius 2 is 1.82 bits per heavy atom. The van der Waals surface area contributed by atoms with Gasteiger partial charge in [-0.2, -0.15) is 0 Å². The van der Waals surface area contributed by atoms with Gasteiger partial charge in [-0.15, -0.1) is 0 Å². The van der Waals surface area contributed by atoms with Gasteiger partial charge in [0.15, 0.2) is 9.84 Å². The molecule has 2 unspecified atom stereocenters. The van der Waals surface area contributed by atoms with E-state index in [-0.39, 0.29) is 22.6 Å². The van der Waals surface area contributed by atoms with E-state index in [1.807, 2.05) is 6.92 Å². The summed E-state index contributed by atoms with van der Waals surface area (Å²) < 4.78 is 50.0. The third-order valence-corrected chi connectivity index (χ3v) is 6.16. The van der Waals surface area contributed by atoms with Gasteiger partial charge in [-0.25, -0.2) is 21.6 Å². The number of rotatable bonds is 5. The zero-order valence-corrected chi connectivity index (χ0v) is 14.4. The van der Waals surface area contributed by atoms with Crippen LogP contribution in [0.2, 0.25) is 0 Å². The van der Waals surface area contributed by atoms with Gasteiger partial charge in [-0.05, 0) is 36.6 Å². The van der Waals surface area contributed by atoms with Crippen molar-refractivity contribution >= 4 is 19.9 Å². The van der Waals surface area contributed by atoms with Gasteiger partial charge in [-0.1, -0.05) is 19.1 Å². The molecule has 0 spiro atoms. The second-order valence-corrected chi connectivity index (χ2v) is 9.77. The predicted octanol–water partition coefficient (Wildman–Crippen LogP) is 0.508. The normalized spacial score (nSPS) is 23.4. The summed E-state index contributed by atoms with van der Waals surface area (Å²) in [5.74, 6) is 0.185. The van der Waals surface area contributed by atoms with E-state index in [1.165, 1.54) is 24.3 Å². The molecule has 2 N–H and O–H groups in total. The Bertz CT molecular complexity index is 712. The number of hydrogen-bond acceptors (Lipinski definition) is 5. The van der Waals surface area contributed by atoms with Crippen molar-refractivity contribution in [3.8, 4) is 0 Å². The monoisotopic (exact) mass is 346 g/mol. The maximum absolute atomic E-state index is 12.4. The molecule has 2 atom stereocenters. The molecule has 0 saturated carbocycles. The maximum atomic E-state index is 12.4. The average Bonchev–Trinajstić information content (AvgIpc) is 2.40. The molecular weight excluding hydrogens is 324 g/mol. The highest BCUT2D eigenvalue weighted by Crippen LogP contribution is 2.17. The van der Waals surface area contributed by atoms with Gasteiger partial charge in [-0.3, -0.25) is 0 Å². The predicted molar refractivity (Wildman–Crippen MR) is 85.8 cm³/mol. The molecule has 1 heterocycles. The van der Waals surface area contributed by atoms with Crippen molar-refractivity contribution in [3.05, 3.63) is 29.8 Å². The molecule has 1 aromatic rings. The second kappa shape index (κ2) is 6.66. The van der Waals surface area contributed by atoms with Crippen molar-refractivity contribution < 1.29 is 16.8 Å². The van der Waals surface area contributed by atoms with Crippen LogP contribution >= 0.6 is 0 Å². The summed E-state index contributed by atoms with van der Waals surface area (Å²) in [6.07, 6.45) is 2.08. The molecule has 1 saturated heterocycles. The maximum Gasteiger partial charge on any atom is 0.240 e. The van der Waals surface area contributed by atoms with Gasteiger partial charge in [0.25, 0.3) is 0 Å². The first-order valence-corrected chi connectivity index (χ1v) is 10.7. The molecular formula is C14H22N2O4S2. The molecule has 1 aliphatic rings. The summed E-state index contributed by atoms with van der Waals surface area (Å²) in [7, 11) is -6.72. The molecule has 0 aliphatic carbocycles. The van der Waals surface area contributed by atoms with Gasteiger partial charge in [0.2, 0.25) is 10.0 Å². The molecule has 6 nitrogen and oxygen atoms in total. The van der Waals surface area contributed by atoms with E-state index in [2.05, 4.69) is 10.0 Å². The Balaban J connectivity index is 2.12. The fourth-order valence-corrected chi connectivity index (χ4v) is 4.63. The zero-order chi connectivity index (χ0) is 16.4. The van der Waals surface area contributed by atoms with Crippen molar-refractivity contribution in [2.45, 2.75) is 30.0 Å². The number of sulfonamides is 1. The molecule has 8 heteroatoms. The van der Waals surface area contributed by atoms with Crippen molar-refractivity contribution in [3.63, 3.8) is 0 Å². The van der Waals surface area contributed by atoms with Crippen LogP contribution in [0.25, 0.3) is 0 Å². The molecule has 1 fully saturated rings. The number of hydrogen-bond donors (Lipinski definition) is 2. The Morgan fingerprint density at radius 1 is 1.18 bits per heavy atom. The van der Waals surface area contributed by atoms with Crippen LogP contribution < -0.4 is 10.0 Å². The van der Waals surface area contributed by atoms with Crippen molar-refractivity contribution in [1.29, 1.82) is 0 Å². The van der Waals surface area contributed by atoms with E-state index in [4.69, 9.17) is 0 Å². The molecule has 1 aliphatic heterocycles. The molecule has 1 aromatic carbocycles. The highest BCUT2D eigenvalue weighted by Gasteiger charge is 2.26. The summed E-state index contributed by atoms with van der Waals surface area (Å²) in [6, 6.07) is 5.85. The molecule has 0 amide bonds. The van der Waals surface area contributed by atoms with Crippen LogP contribution in [0.3, 0.4) is 0 Å². The molecule has 22 heavy (non-hydrogen) atoms. The lowest BCUT2D eigenvalue weighted by Gasteiger charge is -2.29. The summed E-state index contributed by atoms with van der Waals surface area (Å²) >= 11 is 0. The third-order valence-electron chi connectivity index (χ3n) is 3.80. The van der Waals surface area contributed by atoms with Gasteiger partial charge in [0, 0.05) is 18.8 Å². The highest BCUT2D eigenvalue weighted by molar-refractivity contribution is 7.90. The summed E-state index contributed by atoms with van der Waals surface area (Å²) in [4.78, 5) is 0.155. The standard InChI is InChI=1S/C14H22N2O4S2/c1-11-7-8-15-9-14(11)16-22(19,20)13-5-3-12(4-6-13)10-21(2,17)18/h3-6,11,14-16H,7-10H2,1-2H3. The van der Waals surface area contributed by atoms with E-state index >= 15 is 0 Å². The zero-order valence-electron chi connectivity index (χ0n) is 12.7. The van der Waals surface area contributed by atoms with Crippen LogP contribution in [-0.4, -0.2) is 42.2 Å². The summed E-state index contributed by atoms with van der Waals surface area (Å²) in [6.45, 7) is 3.55. The van der Waals surface area contributed by atoms with Crippen molar-refractivity contribution in [2.24, 2.45) is 5.92 Å². The lowest BCUT2D eigenvalue weighted by atomic mass is 9.96. The first-order valence-electron chi connectivity index (χ1n) is 7.17. The van der Waals surface area contributed by atoms with Crippen molar-refractivity contribution in [1.82, 2.24) is 10.0 Å². The largest absolute Gasteiger partial charge is 0.315 e. The van der Waals surface area contributed by atoms with Gasteiger partial charge < -0.3 is 5.32 Å².